The summed E-state index contributed by atoms with van der Waals surface area (Å²) >= 11 is 1.49. The molecule has 136 valence electrons. The molecule has 0 radical (unpaired) electrons. The number of anilines is 2. The fourth-order valence-corrected chi connectivity index (χ4v) is 3.17. The molecule has 0 saturated heterocycles. The summed E-state index contributed by atoms with van der Waals surface area (Å²) in [4.78, 5) is 15.0. The minimum Gasteiger partial charge on any atom is -0.345 e. The minimum absolute atomic E-state index is 0.125. The fourth-order valence-electron chi connectivity index (χ4n) is 2.46. The highest BCUT2D eigenvalue weighted by Gasteiger charge is 2.03. The van der Waals surface area contributed by atoms with Crippen LogP contribution in [0.25, 0.3) is 0 Å². The largest absolute Gasteiger partial charge is 0.345 e. The molecule has 0 aromatic heterocycles. The zero-order valence-electron chi connectivity index (χ0n) is 15.1. The van der Waals surface area contributed by atoms with Crippen molar-refractivity contribution in [2.24, 2.45) is 5.10 Å². The lowest BCUT2D eigenvalue weighted by atomic mass is 10.2. The second-order valence-electron chi connectivity index (χ2n) is 5.88. The Kier molecular flexibility index (Phi) is 6.66. The summed E-state index contributed by atoms with van der Waals surface area (Å²) in [7, 11) is 2.03. The molecule has 0 bridgehead atoms. The summed E-state index contributed by atoms with van der Waals surface area (Å²) in [5.74, 6) is 0.211. The first-order valence-electron chi connectivity index (χ1n) is 8.61. The standard InChI is InChI=1S/C22H21N3OS/c1-25(19-8-4-2-5-9-19)20-14-12-18(13-15-20)16-23-24-22(26)17-27-21-10-6-3-7-11-21/h2-16H,17H2,1H3,(H,24,26)/b23-16-. The van der Waals surface area contributed by atoms with Gasteiger partial charge in [0.25, 0.3) is 0 Å². The van der Waals surface area contributed by atoms with Gasteiger partial charge in [-0.1, -0.05) is 48.5 Å². The molecule has 3 rings (SSSR count). The molecule has 0 aliphatic rings. The van der Waals surface area contributed by atoms with Crippen LogP contribution in [0, 0.1) is 0 Å². The average molecular weight is 375 g/mol. The van der Waals surface area contributed by atoms with Crippen molar-refractivity contribution in [2.75, 3.05) is 17.7 Å². The lowest BCUT2D eigenvalue weighted by Crippen LogP contribution is -2.19. The molecule has 3 aromatic rings. The van der Waals surface area contributed by atoms with Gasteiger partial charge < -0.3 is 4.90 Å². The third-order valence-corrected chi connectivity index (χ3v) is 4.95. The Bertz CT molecular complexity index is 880. The topological polar surface area (TPSA) is 44.7 Å². The number of thioether (sulfide) groups is 1. The second kappa shape index (κ2) is 9.59. The van der Waals surface area contributed by atoms with Crippen LogP contribution in [0.15, 0.2) is 94.9 Å². The molecular weight excluding hydrogens is 354 g/mol. The predicted octanol–water partition coefficient (Wildman–Crippen LogP) is 4.70. The molecule has 4 nitrogen and oxygen atoms in total. The van der Waals surface area contributed by atoms with Crippen molar-refractivity contribution in [1.82, 2.24) is 5.43 Å². The van der Waals surface area contributed by atoms with Crippen molar-refractivity contribution < 1.29 is 4.79 Å². The summed E-state index contributed by atoms with van der Waals surface area (Å²) in [6.07, 6.45) is 1.65. The van der Waals surface area contributed by atoms with E-state index in [1.54, 1.807) is 6.21 Å². The Labute approximate surface area is 163 Å². The summed E-state index contributed by atoms with van der Waals surface area (Å²) in [5, 5.41) is 4.04. The molecule has 0 heterocycles. The van der Waals surface area contributed by atoms with Gasteiger partial charge in [0.05, 0.1) is 12.0 Å². The molecule has 3 aromatic carbocycles. The SMILES string of the molecule is CN(c1ccccc1)c1ccc(/C=N\NC(=O)CSc2ccccc2)cc1. The van der Waals surface area contributed by atoms with Crippen LogP contribution < -0.4 is 10.3 Å². The molecule has 27 heavy (non-hydrogen) atoms. The Morgan fingerprint density at radius 1 is 0.926 bits per heavy atom. The lowest BCUT2D eigenvalue weighted by Gasteiger charge is -2.19. The third-order valence-electron chi connectivity index (χ3n) is 3.94. The van der Waals surface area contributed by atoms with Gasteiger partial charge in [0.2, 0.25) is 5.91 Å². The van der Waals surface area contributed by atoms with Crippen LogP contribution in [-0.4, -0.2) is 24.9 Å². The summed E-state index contributed by atoms with van der Waals surface area (Å²) in [6.45, 7) is 0. The molecule has 1 amide bonds. The number of nitrogens with one attached hydrogen (secondary N) is 1. The molecule has 0 atom stereocenters. The molecule has 0 spiro atoms. The maximum atomic E-state index is 11.9. The van der Waals surface area contributed by atoms with Crippen LogP contribution in [0.5, 0.6) is 0 Å². The Balaban J connectivity index is 1.50. The molecular formula is C22H21N3OS. The van der Waals surface area contributed by atoms with E-state index in [9.17, 15) is 4.79 Å². The van der Waals surface area contributed by atoms with Gasteiger partial charge in [-0.2, -0.15) is 5.10 Å². The van der Waals surface area contributed by atoms with Crippen LogP contribution in [0.2, 0.25) is 0 Å². The van der Waals surface area contributed by atoms with Crippen molar-refractivity contribution in [3.63, 3.8) is 0 Å². The molecule has 1 N–H and O–H groups in total. The lowest BCUT2D eigenvalue weighted by molar-refractivity contribution is -0.118. The van der Waals surface area contributed by atoms with E-state index < -0.39 is 0 Å². The van der Waals surface area contributed by atoms with Gasteiger partial charge in [-0.05, 0) is 42.0 Å². The van der Waals surface area contributed by atoms with Crippen molar-refractivity contribution in [1.29, 1.82) is 0 Å². The normalized spacial score (nSPS) is 10.7. The van der Waals surface area contributed by atoms with E-state index in [1.807, 2.05) is 79.8 Å². The smallest absolute Gasteiger partial charge is 0.250 e. The fraction of sp³-hybridized carbons (Fsp3) is 0.0909. The monoisotopic (exact) mass is 375 g/mol. The first-order valence-corrected chi connectivity index (χ1v) is 9.59. The minimum atomic E-state index is -0.125. The number of carbonyl (C=O) groups is 1. The molecule has 5 heteroatoms. The first-order chi connectivity index (χ1) is 13.2. The van der Waals surface area contributed by atoms with Crippen LogP contribution in [-0.2, 0) is 4.79 Å². The molecule has 0 fully saturated rings. The first kappa shape index (κ1) is 18.7. The number of benzene rings is 3. The van der Waals surface area contributed by atoms with E-state index in [2.05, 4.69) is 27.6 Å². The van der Waals surface area contributed by atoms with E-state index in [0.29, 0.717) is 5.75 Å². The second-order valence-corrected chi connectivity index (χ2v) is 6.93. The maximum absolute atomic E-state index is 11.9. The highest BCUT2D eigenvalue weighted by Crippen LogP contribution is 2.23. The Morgan fingerprint density at radius 3 is 2.19 bits per heavy atom. The summed E-state index contributed by atoms with van der Waals surface area (Å²) in [6, 6.07) is 28.0. The van der Waals surface area contributed by atoms with Crippen molar-refractivity contribution >= 4 is 35.3 Å². The number of para-hydroxylation sites is 1. The van der Waals surface area contributed by atoms with Crippen LogP contribution >= 0.6 is 11.8 Å². The number of hydrazone groups is 1. The van der Waals surface area contributed by atoms with Crippen molar-refractivity contribution in [3.05, 3.63) is 90.5 Å². The number of hydrogen-bond acceptors (Lipinski definition) is 4. The van der Waals surface area contributed by atoms with Gasteiger partial charge in [0.15, 0.2) is 0 Å². The van der Waals surface area contributed by atoms with E-state index in [0.717, 1.165) is 21.8 Å². The Hall–Kier alpha value is -3.05. The number of rotatable bonds is 7. The van der Waals surface area contributed by atoms with Gasteiger partial charge in [-0.25, -0.2) is 5.43 Å². The van der Waals surface area contributed by atoms with Gasteiger partial charge in [-0.15, -0.1) is 11.8 Å². The summed E-state index contributed by atoms with van der Waals surface area (Å²) < 4.78 is 0. The van der Waals surface area contributed by atoms with E-state index in [1.165, 1.54) is 11.8 Å². The van der Waals surface area contributed by atoms with E-state index >= 15 is 0 Å². The zero-order valence-corrected chi connectivity index (χ0v) is 15.9. The van der Waals surface area contributed by atoms with Gasteiger partial charge in [0, 0.05) is 23.3 Å². The quantitative estimate of drug-likeness (QED) is 0.370. The van der Waals surface area contributed by atoms with E-state index in [4.69, 9.17) is 0 Å². The molecule has 0 unspecified atom stereocenters. The molecule has 0 aliphatic heterocycles. The predicted molar refractivity (Wildman–Crippen MR) is 114 cm³/mol. The van der Waals surface area contributed by atoms with Gasteiger partial charge >= 0.3 is 0 Å². The van der Waals surface area contributed by atoms with Gasteiger partial charge in [0.1, 0.15) is 0 Å². The van der Waals surface area contributed by atoms with Crippen LogP contribution in [0.4, 0.5) is 11.4 Å². The summed E-state index contributed by atoms with van der Waals surface area (Å²) in [5.41, 5.74) is 5.70. The number of carbonyl (C=O) groups excluding carboxylic acids is 1. The van der Waals surface area contributed by atoms with Crippen molar-refractivity contribution in [3.8, 4) is 0 Å². The number of nitrogens with zero attached hydrogens (tertiary/aromatic N) is 2. The van der Waals surface area contributed by atoms with Crippen LogP contribution in [0.3, 0.4) is 0 Å². The number of hydrogen-bond donors (Lipinski definition) is 1. The highest BCUT2D eigenvalue weighted by molar-refractivity contribution is 8.00. The molecule has 0 aliphatic carbocycles. The molecule has 0 saturated carbocycles. The maximum Gasteiger partial charge on any atom is 0.250 e. The van der Waals surface area contributed by atoms with Crippen molar-refractivity contribution in [2.45, 2.75) is 4.90 Å². The zero-order chi connectivity index (χ0) is 18.9. The Morgan fingerprint density at radius 2 is 1.52 bits per heavy atom. The van der Waals surface area contributed by atoms with Gasteiger partial charge in [-0.3, -0.25) is 4.79 Å². The third kappa shape index (κ3) is 5.72. The highest BCUT2D eigenvalue weighted by atomic mass is 32.2. The number of amides is 1. The van der Waals surface area contributed by atoms with Crippen LogP contribution in [0.1, 0.15) is 5.56 Å². The van der Waals surface area contributed by atoms with E-state index in [-0.39, 0.29) is 5.91 Å². The average Bonchev–Trinajstić information content (AvgIpc) is 2.74.